The molecule has 0 aliphatic carbocycles. The Kier molecular flexibility index (Phi) is 5.91. The Morgan fingerprint density at radius 1 is 0.794 bits per heavy atom. The van der Waals surface area contributed by atoms with E-state index in [2.05, 4.69) is 0 Å². The molecule has 1 amide bonds. The summed E-state index contributed by atoms with van der Waals surface area (Å²) in [6.07, 6.45) is 0.0750. The molecule has 1 aliphatic heterocycles. The summed E-state index contributed by atoms with van der Waals surface area (Å²) in [6, 6.07) is 30.8. The summed E-state index contributed by atoms with van der Waals surface area (Å²) in [7, 11) is 0. The van der Waals surface area contributed by atoms with E-state index in [4.69, 9.17) is 4.74 Å². The van der Waals surface area contributed by atoms with Gasteiger partial charge in [-0.05, 0) is 34.0 Å². The fourth-order valence-electron chi connectivity index (χ4n) is 4.28. The summed E-state index contributed by atoms with van der Waals surface area (Å²) in [5.41, 5.74) is 3.31. The van der Waals surface area contributed by atoms with Crippen molar-refractivity contribution in [3.05, 3.63) is 103 Å². The second-order valence-corrected chi connectivity index (χ2v) is 8.41. The molecule has 34 heavy (non-hydrogen) atoms. The molecular weight excluding hydrogens is 426 g/mol. The molecule has 1 saturated heterocycles. The van der Waals surface area contributed by atoms with Gasteiger partial charge < -0.3 is 9.64 Å². The lowest BCUT2D eigenvalue weighted by Gasteiger charge is -2.17. The van der Waals surface area contributed by atoms with Gasteiger partial charge in [0.2, 0.25) is 5.91 Å². The van der Waals surface area contributed by atoms with E-state index in [1.54, 1.807) is 17.0 Å². The first-order valence-electron chi connectivity index (χ1n) is 11.2. The first kappa shape index (κ1) is 21.6. The number of nitrogens with zero attached hydrogens (tertiary/aromatic N) is 1. The Morgan fingerprint density at radius 2 is 1.47 bits per heavy atom. The van der Waals surface area contributed by atoms with E-state index in [1.807, 2.05) is 84.9 Å². The number of benzene rings is 4. The van der Waals surface area contributed by atoms with Crippen molar-refractivity contribution in [3.8, 4) is 11.1 Å². The second-order valence-electron chi connectivity index (χ2n) is 8.41. The third kappa shape index (κ3) is 4.46. The van der Waals surface area contributed by atoms with Gasteiger partial charge in [-0.1, -0.05) is 84.9 Å². The standard InChI is InChI=1S/C29H23NO4/c31-27(23-12-10-22(11-13-23)20-6-2-1-3-7-20)19-34-29(33)25-17-28(32)30(18-25)26-15-14-21-8-4-5-9-24(21)16-26/h1-16,25H,17-19H2/t25-/m1/s1. The third-order valence-corrected chi connectivity index (χ3v) is 6.16. The highest BCUT2D eigenvalue weighted by molar-refractivity contribution is 6.02. The number of anilines is 1. The van der Waals surface area contributed by atoms with Gasteiger partial charge >= 0.3 is 5.97 Å². The lowest BCUT2D eigenvalue weighted by atomic mass is 10.0. The summed E-state index contributed by atoms with van der Waals surface area (Å²) >= 11 is 0. The van der Waals surface area contributed by atoms with Crippen LogP contribution in [-0.4, -0.2) is 30.8 Å². The molecule has 168 valence electrons. The van der Waals surface area contributed by atoms with Crippen molar-refractivity contribution in [2.45, 2.75) is 6.42 Å². The van der Waals surface area contributed by atoms with Crippen LogP contribution in [0.1, 0.15) is 16.8 Å². The third-order valence-electron chi connectivity index (χ3n) is 6.16. The van der Waals surface area contributed by atoms with E-state index in [0.717, 1.165) is 27.6 Å². The topological polar surface area (TPSA) is 63.7 Å². The normalized spacial score (nSPS) is 15.5. The number of hydrogen-bond donors (Lipinski definition) is 0. The predicted octanol–water partition coefficient (Wildman–Crippen LogP) is 5.29. The maximum absolute atomic E-state index is 12.6. The molecule has 5 rings (SSSR count). The van der Waals surface area contributed by atoms with Crippen molar-refractivity contribution in [1.29, 1.82) is 0 Å². The number of amides is 1. The second kappa shape index (κ2) is 9.32. The molecule has 1 heterocycles. The first-order valence-corrected chi connectivity index (χ1v) is 11.2. The minimum absolute atomic E-state index is 0.0750. The van der Waals surface area contributed by atoms with Gasteiger partial charge in [0.25, 0.3) is 0 Å². The maximum Gasteiger partial charge on any atom is 0.311 e. The summed E-state index contributed by atoms with van der Waals surface area (Å²) in [5.74, 6) is -1.51. The van der Waals surface area contributed by atoms with Crippen molar-refractivity contribution in [2.24, 2.45) is 5.92 Å². The molecule has 1 fully saturated rings. The van der Waals surface area contributed by atoms with Crippen molar-refractivity contribution >= 4 is 34.1 Å². The molecule has 0 N–H and O–H groups in total. The van der Waals surface area contributed by atoms with Gasteiger partial charge in [0.05, 0.1) is 5.92 Å². The predicted molar refractivity (Wildman–Crippen MR) is 132 cm³/mol. The van der Waals surface area contributed by atoms with E-state index in [9.17, 15) is 14.4 Å². The van der Waals surface area contributed by atoms with Crippen LogP contribution in [0.2, 0.25) is 0 Å². The van der Waals surface area contributed by atoms with E-state index in [-0.39, 0.29) is 31.3 Å². The molecule has 0 bridgehead atoms. The van der Waals surface area contributed by atoms with Gasteiger partial charge in [0.1, 0.15) is 0 Å². The SMILES string of the molecule is O=C(COC(=O)[C@@H]1CC(=O)N(c2ccc3ccccc3c2)C1)c1ccc(-c2ccccc2)cc1. The van der Waals surface area contributed by atoms with Crippen LogP contribution in [0.25, 0.3) is 21.9 Å². The number of ether oxygens (including phenoxy) is 1. The zero-order valence-corrected chi connectivity index (χ0v) is 18.5. The minimum Gasteiger partial charge on any atom is -0.457 e. The van der Waals surface area contributed by atoms with Crippen LogP contribution in [0.5, 0.6) is 0 Å². The van der Waals surface area contributed by atoms with Gasteiger partial charge in [-0.15, -0.1) is 0 Å². The Labute approximate surface area is 197 Å². The Balaban J connectivity index is 1.19. The largest absolute Gasteiger partial charge is 0.457 e. The van der Waals surface area contributed by atoms with E-state index in [0.29, 0.717) is 5.56 Å². The van der Waals surface area contributed by atoms with Gasteiger partial charge in [0.15, 0.2) is 12.4 Å². The van der Waals surface area contributed by atoms with Gasteiger partial charge in [-0.25, -0.2) is 0 Å². The summed E-state index contributed by atoms with van der Waals surface area (Å²) in [6.45, 7) is -0.0971. The van der Waals surface area contributed by atoms with Crippen molar-refractivity contribution < 1.29 is 19.1 Å². The van der Waals surface area contributed by atoms with Crippen LogP contribution in [-0.2, 0) is 14.3 Å². The quantitative estimate of drug-likeness (QED) is 0.297. The van der Waals surface area contributed by atoms with Crippen LogP contribution in [0, 0.1) is 5.92 Å². The molecule has 4 aromatic rings. The van der Waals surface area contributed by atoms with E-state index < -0.39 is 11.9 Å². The Hall–Kier alpha value is -4.25. The number of carbonyl (C=O) groups excluding carboxylic acids is 3. The zero-order chi connectivity index (χ0) is 23.5. The highest BCUT2D eigenvalue weighted by Gasteiger charge is 2.36. The highest BCUT2D eigenvalue weighted by Crippen LogP contribution is 2.29. The number of hydrogen-bond acceptors (Lipinski definition) is 4. The summed E-state index contributed by atoms with van der Waals surface area (Å²) in [5, 5.41) is 2.12. The van der Waals surface area contributed by atoms with Gasteiger partial charge in [-0.3, -0.25) is 14.4 Å². The first-order chi connectivity index (χ1) is 16.6. The number of rotatable bonds is 6. The van der Waals surface area contributed by atoms with E-state index >= 15 is 0 Å². The molecule has 0 saturated carbocycles. The van der Waals surface area contributed by atoms with Crippen LogP contribution in [0.4, 0.5) is 5.69 Å². The average molecular weight is 450 g/mol. The minimum atomic E-state index is -0.591. The van der Waals surface area contributed by atoms with Crippen LogP contribution < -0.4 is 4.90 Å². The fourth-order valence-corrected chi connectivity index (χ4v) is 4.28. The Morgan fingerprint density at radius 3 is 2.24 bits per heavy atom. The molecule has 5 heteroatoms. The molecule has 0 radical (unpaired) electrons. The molecule has 0 aromatic heterocycles. The number of Topliss-reactive ketones (excluding diaryl/α,β-unsaturated/α-hetero) is 1. The average Bonchev–Trinajstić information content (AvgIpc) is 3.29. The summed E-state index contributed by atoms with van der Waals surface area (Å²) in [4.78, 5) is 39.3. The molecule has 0 spiro atoms. The number of fused-ring (bicyclic) bond motifs is 1. The number of carbonyl (C=O) groups is 3. The molecule has 4 aromatic carbocycles. The van der Waals surface area contributed by atoms with E-state index in [1.165, 1.54) is 0 Å². The van der Waals surface area contributed by atoms with Gasteiger partial charge in [0, 0.05) is 24.2 Å². The molecule has 0 unspecified atom stereocenters. The van der Waals surface area contributed by atoms with Crippen LogP contribution >= 0.6 is 0 Å². The molecular formula is C29H23NO4. The lowest BCUT2D eigenvalue weighted by Crippen LogP contribution is -2.27. The van der Waals surface area contributed by atoms with Crippen LogP contribution in [0.3, 0.4) is 0 Å². The van der Waals surface area contributed by atoms with Crippen LogP contribution in [0.15, 0.2) is 97.1 Å². The molecule has 5 nitrogen and oxygen atoms in total. The monoisotopic (exact) mass is 449 g/mol. The smallest absolute Gasteiger partial charge is 0.311 e. The molecule has 1 atom stereocenters. The lowest BCUT2D eigenvalue weighted by molar-refractivity contribution is -0.147. The van der Waals surface area contributed by atoms with Crippen molar-refractivity contribution in [1.82, 2.24) is 0 Å². The highest BCUT2D eigenvalue weighted by atomic mass is 16.5. The number of esters is 1. The fraction of sp³-hybridized carbons (Fsp3) is 0.138. The zero-order valence-electron chi connectivity index (χ0n) is 18.5. The summed E-state index contributed by atoms with van der Waals surface area (Å²) < 4.78 is 5.29. The molecule has 1 aliphatic rings. The van der Waals surface area contributed by atoms with Crippen molar-refractivity contribution in [2.75, 3.05) is 18.1 Å². The van der Waals surface area contributed by atoms with Gasteiger partial charge in [-0.2, -0.15) is 0 Å². The number of ketones is 1. The van der Waals surface area contributed by atoms with Crippen molar-refractivity contribution in [3.63, 3.8) is 0 Å². The Bertz CT molecular complexity index is 1360. The maximum atomic E-state index is 12.6.